The Morgan fingerprint density at radius 2 is 1.70 bits per heavy atom. The number of alkyl halides is 4. The lowest BCUT2D eigenvalue weighted by Crippen LogP contribution is -2.37. The molecular weight excluding hydrogens is 541 g/mol. The minimum absolute atomic E-state index is 0.117. The van der Waals surface area contributed by atoms with Gasteiger partial charge >= 0.3 is 12.5 Å². The van der Waals surface area contributed by atoms with Gasteiger partial charge in [0.05, 0.1) is 29.5 Å². The van der Waals surface area contributed by atoms with E-state index in [4.69, 9.17) is 27.9 Å². The molecule has 9 nitrogen and oxygen atoms in total. The Morgan fingerprint density at radius 3 is 2.38 bits per heavy atom. The van der Waals surface area contributed by atoms with E-state index >= 15 is 0 Å². The molecule has 1 aliphatic rings. The lowest BCUT2D eigenvalue weighted by molar-refractivity contribution is -0.253. The molecule has 2 heterocycles. The molecule has 0 unspecified atom stereocenters. The van der Waals surface area contributed by atoms with Crippen LogP contribution in [0.3, 0.4) is 0 Å². The van der Waals surface area contributed by atoms with Gasteiger partial charge in [0.15, 0.2) is 0 Å². The summed E-state index contributed by atoms with van der Waals surface area (Å²) in [7, 11) is 0. The van der Waals surface area contributed by atoms with E-state index in [0.717, 1.165) is 12.1 Å². The topological polar surface area (TPSA) is 96.8 Å². The summed E-state index contributed by atoms with van der Waals surface area (Å²) in [5.41, 5.74) is 3.81. The molecule has 0 aliphatic carbocycles. The normalized spacial score (nSPS) is 14.3. The summed E-state index contributed by atoms with van der Waals surface area (Å²) in [4.78, 5) is 15.0. The molecule has 1 fully saturated rings. The predicted molar refractivity (Wildman–Crippen MR) is 132 cm³/mol. The van der Waals surface area contributed by atoms with Crippen LogP contribution in [0.15, 0.2) is 47.6 Å². The van der Waals surface area contributed by atoms with Crippen LogP contribution < -0.4 is 20.4 Å². The van der Waals surface area contributed by atoms with Crippen LogP contribution in [0, 0.1) is 0 Å². The molecule has 3 aromatic rings. The lowest BCUT2D eigenvalue weighted by atomic mass is 10.2. The van der Waals surface area contributed by atoms with E-state index in [1.54, 1.807) is 18.2 Å². The van der Waals surface area contributed by atoms with Crippen molar-refractivity contribution >= 4 is 52.9 Å². The van der Waals surface area contributed by atoms with E-state index in [1.807, 2.05) is 4.90 Å². The SMILES string of the molecule is FC(F)C(F)(F)Oc1ccc(Nc2nc(N/N=C/c3ccc(Cl)c(Cl)c3)nc(N3CCOCC3)n2)cc1. The Labute approximate surface area is 218 Å². The molecule has 2 N–H and O–H groups in total. The molecule has 1 saturated heterocycles. The number of hydrazone groups is 1. The minimum Gasteiger partial charge on any atom is -0.428 e. The van der Waals surface area contributed by atoms with Gasteiger partial charge in [-0.1, -0.05) is 29.3 Å². The van der Waals surface area contributed by atoms with Gasteiger partial charge in [-0.25, -0.2) is 5.43 Å². The number of nitrogens with one attached hydrogen (secondary N) is 2. The molecule has 15 heteroatoms. The number of aromatic nitrogens is 3. The van der Waals surface area contributed by atoms with Crippen LogP contribution in [0.5, 0.6) is 5.75 Å². The van der Waals surface area contributed by atoms with Crippen LogP contribution in [0.4, 0.5) is 41.1 Å². The Kier molecular flexibility index (Phi) is 8.46. The van der Waals surface area contributed by atoms with Crippen molar-refractivity contribution in [1.82, 2.24) is 15.0 Å². The Morgan fingerprint density at radius 1 is 1.00 bits per heavy atom. The molecule has 37 heavy (non-hydrogen) atoms. The van der Waals surface area contributed by atoms with Gasteiger partial charge in [0.1, 0.15) is 5.75 Å². The molecule has 0 bridgehead atoms. The van der Waals surface area contributed by atoms with Gasteiger partial charge in [-0.15, -0.1) is 0 Å². The van der Waals surface area contributed by atoms with Crippen LogP contribution in [-0.2, 0) is 4.74 Å². The van der Waals surface area contributed by atoms with Crippen molar-refractivity contribution in [1.29, 1.82) is 0 Å². The third-order valence-electron chi connectivity index (χ3n) is 4.86. The zero-order valence-corrected chi connectivity index (χ0v) is 20.4. The van der Waals surface area contributed by atoms with Crippen LogP contribution >= 0.6 is 23.2 Å². The van der Waals surface area contributed by atoms with Crippen molar-refractivity contribution in [2.45, 2.75) is 12.5 Å². The third kappa shape index (κ3) is 7.31. The molecule has 0 atom stereocenters. The van der Waals surface area contributed by atoms with Gasteiger partial charge in [-0.2, -0.15) is 37.6 Å². The predicted octanol–water partition coefficient (Wildman–Crippen LogP) is 5.44. The molecule has 2 aromatic carbocycles. The number of morpholine rings is 1. The fourth-order valence-electron chi connectivity index (χ4n) is 3.07. The minimum atomic E-state index is -4.60. The van der Waals surface area contributed by atoms with Gasteiger partial charge in [0.25, 0.3) is 0 Å². The highest BCUT2D eigenvalue weighted by molar-refractivity contribution is 6.42. The number of halogens is 6. The summed E-state index contributed by atoms with van der Waals surface area (Å²) >= 11 is 11.9. The molecule has 1 aromatic heterocycles. The van der Waals surface area contributed by atoms with Crippen LogP contribution in [0.1, 0.15) is 5.56 Å². The van der Waals surface area contributed by atoms with E-state index in [-0.39, 0.29) is 11.9 Å². The van der Waals surface area contributed by atoms with Crippen molar-refractivity contribution < 1.29 is 27.0 Å². The van der Waals surface area contributed by atoms with E-state index in [0.29, 0.717) is 53.5 Å². The number of hydrogen-bond donors (Lipinski definition) is 2. The zero-order chi connectivity index (χ0) is 26.4. The fraction of sp³-hybridized carbons (Fsp3) is 0.273. The van der Waals surface area contributed by atoms with E-state index in [9.17, 15) is 17.6 Å². The van der Waals surface area contributed by atoms with Gasteiger partial charge in [0.2, 0.25) is 17.8 Å². The Bertz CT molecular complexity index is 1250. The summed E-state index contributed by atoms with van der Waals surface area (Å²) in [6.45, 7) is 2.11. The number of benzene rings is 2. The maximum atomic E-state index is 13.1. The highest BCUT2D eigenvalue weighted by Gasteiger charge is 2.43. The summed E-state index contributed by atoms with van der Waals surface area (Å²) in [6, 6.07) is 9.93. The standard InChI is InChI=1S/C22H19Cl2F4N7O2/c23-16-6-1-13(11-17(16)24)12-29-34-20-31-19(32-21(33-20)35-7-9-36-10-8-35)30-14-2-4-15(5-3-14)37-22(27,28)18(25)26/h1-6,11-12,18H,7-10H2,(H2,30,31,32,33,34)/b29-12+. The average Bonchev–Trinajstić information content (AvgIpc) is 2.87. The molecule has 1 aliphatic heterocycles. The molecule has 4 rings (SSSR count). The largest absolute Gasteiger partial charge is 0.461 e. The molecule has 196 valence electrons. The molecule has 0 saturated carbocycles. The highest BCUT2D eigenvalue weighted by Crippen LogP contribution is 2.29. The fourth-order valence-corrected chi connectivity index (χ4v) is 3.38. The van der Waals surface area contributed by atoms with E-state index in [1.165, 1.54) is 18.3 Å². The van der Waals surface area contributed by atoms with Crippen LogP contribution in [0.2, 0.25) is 10.0 Å². The molecule has 0 radical (unpaired) electrons. The van der Waals surface area contributed by atoms with Gasteiger partial charge in [-0.3, -0.25) is 0 Å². The average molecular weight is 560 g/mol. The third-order valence-corrected chi connectivity index (χ3v) is 5.60. The monoisotopic (exact) mass is 559 g/mol. The van der Waals surface area contributed by atoms with E-state index < -0.39 is 18.3 Å². The summed E-state index contributed by atoms with van der Waals surface area (Å²) in [6.07, 6.45) is -7.06. The maximum Gasteiger partial charge on any atom is 0.461 e. The van der Waals surface area contributed by atoms with E-state index in [2.05, 4.69) is 35.5 Å². The van der Waals surface area contributed by atoms with Crippen molar-refractivity contribution in [2.75, 3.05) is 41.9 Å². The molecular formula is C22H19Cl2F4N7O2. The second-order valence-electron chi connectivity index (χ2n) is 7.54. The van der Waals surface area contributed by atoms with Crippen molar-refractivity contribution in [3.05, 3.63) is 58.1 Å². The zero-order valence-electron chi connectivity index (χ0n) is 18.8. The Hall–Kier alpha value is -3.42. The lowest BCUT2D eigenvalue weighted by Gasteiger charge is -2.27. The number of nitrogens with zero attached hydrogens (tertiary/aromatic N) is 5. The van der Waals surface area contributed by atoms with Crippen LogP contribution in [-0.4, -0.2) is 60.0 Å². The van der Waals surface area contributed by atoms with Crippen LogP contribution in [0.25, 0.3) is 0 Å². The van der Waals surface area contributed by atoms with Crippen molar-refractivity contribution in [3.8, 4) is 5.75 Å². The van der Waals surface area contributed by atoms with Crippen molar-refractivity contribution in [3.63, 3.8) is 0 Å². The Balaban J connectivity index is 1.52. The number of ether oxygens (including phenoxy) is 2. The summed E-state index contributed by atoms with van der Waals surface area (Å²) < 4.78 is 60.4. The maximum absolute atomic E-state index is 13.1. The van der Waals surface area contributed by atoms with Gasteiger partial charge in [-0.05, 0) is 42.0 Å². The first-order valence-electron chi connectivity index (χ1n) is 10.7. The smallest absolute Gasteiger partial charge is 0.428 e. The number of hydrogen-bond acceptors (Lipinski definition) is 9. The second-order valence-corrected chi connectivity index (χ2v) is 8.35. The second kappa shape index (κ2) is 11.8. The van der Waals surface area contributed by atoms with Gasteiger partial charge < -0.3 is 19.7 Å². The first-order valence-corrected chi connectivity index (χ1v) is 11.5. The molecule has 0 amide bonds. The molecule has 0 spiro atoms. The van der Waals surface area contributed by atoms with Gasteiger partial charge in [0, 0.05) is 18.8 Å². The quantitative estimate of drug-likeness (QED) is 0.203. The summed E-state index contributed by atoms with van der Waals surface area (Å²) in [5.74, 6) is 0.159. The first kappa shape index (κ1) is 26.6. The summed E-state index contributed by atoms with van der Waals surface area (Å²) in [5, 5.41) is 7.84. The number of anilines is 4. The van der Waals surface area contributed by atoms with Crippen molar-refractivity contribution in [2.24, 2.45) is 5.10 Å². The highest BCUT2D eigenvalue weighted by atomic mass is 35.5. The number of rotatable bonds is 9. The first-order chi connectivity index (χ1) is 17.7.